The van der Waals surface area contributed by atoms with Crippen molar-refractivity contribution in [3.05, 3.63) is 89.5 Å². The molecule has 5 rings (SSSR count). The average molecular weight is 355 g/mol. The third kappa shape index (κ3) is 2.11. The number of nitrogens with one attached hydrogen (secondary N) is 2. The molecular formula is C22H17N3O2. The van der Waals surface area contributed by atoms with Gasteiger partial charge in [-0.2, -0.15) is 0 Å². The molecule has 0 saturated carbocycles. The van der Waals surface area contributed by atoms with Crippen molar-refractivity contribution in [3.8, 4) is 0 Å². The van der Waals surface area contributed by atoms with E-state index in [9.17, 15) is 9.59 Å². The number of fused-ring (bicyclic) bond motifs is 3. The Balaban J connectivity index is 1.72. The van der Waals surface area contributed by atoms with E-state index in [1.807, 2.05) is 61.5 Å². The van der Waals surface area contributed by atoms with Crippen molar-refractivity contribution in [3.63, 3.8) is 0 Å². The van der Waals surface area contributed by atoms with Crippen LogP contribution in [0.3, 0.4) is 0 Å². The lowest BCUT2D eigenvalue weighted by Gasteiger charge is -2.39. The summed E-state index contributed by atoms with van der Waals surface area (Å²) >= 11 is 0. The number of para-hydroxylation sites is 2. The molecule has 0 atom stereocenters. The molecule has 1 spiro atoms. The first-order valence-electron chi connectivity index (χ1n) is 8.81. The van der Waals surface area contributed by atoms with Crippen LogP contribution in [0.4, 0.5) is 17.1 Å². The van der Waals surface area contributed by atoms with E-state index in [-0.39, 0.29) is 11.8 Å². The van der Waals surface area contributed by atoms with E-state index >= 15 is 0 Å². The van der Waals surface area contributed by atoms with Crippen LogP contribution in [0.25, 0.3) is 0 Å². The van der Waals surface area contributed by atoms with Gasteiger partial charge in [0.15, 0.2) is 0 Å². The minimum Gasteiger partial charge on any atom is -0.350 e. The second-order valence-corrected chi connectivity index (χ2v) is 6.87. The molecule has 5 nitrogen and oxygen atoms in total. The topological polar surface area (TPSA) is 61.4 Å². The molecule has 27 heavy (non-hydrogen) atoms. The summed E-state index contributed by atoms with van der Waals surface area (Å²) in [6, 6.07) is 22.3. The van der Waals surface area contributed by atoms with Gasteiger partial charge in [-0.3, -0.25) is 9.59 Å². The van der Waals surface area contributed by atoms with Crippen molar-refractivity contribution >= 4 is 28.9 Å². The first kappa shape index (κ1) is 15.6. The molecule has 2 N–H and O–H groups in total. The molecule has 132 valence electrons. The molecule has 2 amide bonds. The Morgan fingerprint density at radius 1 is 0.778 bits per heavy atom. The Labute approximate surface area is 156 Å². The highest BCUT2D eigenvalue weighted by Crippen LogP contribution is 2.44. The lowest BCUT2D eigenvalue weighted by Crippen LogP contribution is -2.60. The highest BCUT2D eigenvalue weighted by Gasteiger charge is 2.54. The largest absolute Gasteiger partial charge is 0.350 e. The maximum absolute atomic E-state index is 13.7. The van der Waals surface area contributed by atoms with Crippen LogP contribution in [0.2, 0.25) is 0 Å². The Morgan fingerprint density at radius 2 is 1.37 bits per heavy atom. The summed E-state index contributed by atoms with van der Waals surface area (Å²) in [7, 11) is 0. The quantitative estimate of drug-likeness (QED) is 0.651. The number of hydrogen-bond acceptors (Lipinski definition) is 4. The number of aryl methyl sites for hydroxylation is 1. The molecule has 0 aromatic heterocycles. The first-order chi connectivity index (χ1) is 13.1. The second kappa shape index (κ2) is 5.45. The van der Waals surface area contributed by atoms with Gasteiger partial charge in [0.05, 0.1) is 17.1 Å². The molecule has 0 bridgehead atoms. The number of amides is 2. The molecule has 5 heteroatoms. The van der Waals surface area contributed by atoms with E-state index in [2.05, 4.69) is 10.6 Å². The third-order valence-corrected chi connectivity index (χ3v) is 5.15. The van der Waals surface area contributed by atoms with Gasteiger partial charge in [-0.15, -0.1) is 0 Å². The van der Waals surface area contributed by atoms with E-state index in [0.717, 1.165) is 16.9 Å². The number of carbonyl (C=O) groups is 2. The lowest BCUT2D eigenvalue weighted by atomic mass is 9.88. The number of anilines is 3. The molecule has 0 fully saturated rings. The fourth-order valence-electron chi connectivity index (χ4n) is 3.80. The summed E-state index contributed by atoms with van der Waals surface area (Å²) in [5.41, 5.74) is 3.22. The van der Waals surface area contributed by atoms with E-state index < -0.39 is 5.66 Å². The van der Waals surface area contributed by atoms with Gasteiger partial charge in [0.2, 0.25) is 5.66 Å². The number of carbonyl (C=O) groups excluding carboxylic acids is 2. The van der Waals surface area contributed by atoms with Crippen LogP contribution in [0, 0.1) is 6.92 Å². The Kier molecular flexibility index (Phi) is 3.15. The van der Waals surface area contributed by atoms with Crippen molar-refractivity contribution in [1.82, 2.24) is 0 Å². The first-order valence-corrected chi connectivity index (χ1v) is 8.81. The van der Waals surface area contributed by atoms with Gasteiger partial charge in [-0.25, -0.2) is 4.90 Å². The van der Waals surface area contributed by atoms with Gasteiger partial charge in [0.1, 0.15) is 0 Å². The van der Waals surface area contributed by atoms with Crippen molar-refractivity contribution in [2.75, 3.05) is 15.5 Å². The summed E-state index contributed by atoms with van der Waals surface area (Å²) < 4.78 is 0. The molecule has 2 aliphatic heterocycles. The van der Waals surface area contributed by atoms with Crippen molar-refractivity contribution in [2.24, 2.45) is 0 Å². The fourth-order valence-corrected chi connectivity index (χ4v) is 3.80. The zero-order chi connectivity index (χ0) is 18.6. The minimum atomic E-state index is -1.21. The Bertz CT molecular complexity index is 1060. The third-order valence-electron chi connectivity index (χ3n) is 5.15. The fraction of sp³-hybridized carbons (Fsp3) is 0.0909. The summed E-state index contributed by atoms with van der Waals surface area (Å²) in [6.45, 7) is 1.97. The van der Waals surface area contributed by atoms with Crippen LogP contribution < -0.4 is 15.5 Å². The predicted molar refractivity (Wildman–Crippen MR) is 105 cm³/mol. The molecule has 0 unspecified atom stereocenters. The summed E-state index contributed by atoms with van der Waals surface area (Å²) in [5, 5.41) is 6.67. The predicted octanol–water partition coefficient (Wildman–Crippen LogP) is 3.87. The monoisotopic (exact) mass is 355 g/mol. The Morgan fingerprint density at radius 3 is 2.04 bits per heavy atom. The molecule has 0 saturated heterocycles. The summed E-state index contributed by atoms with van der Waals surface area (Å²) in [5.74, 6) is -0.657. The standard InChI is InChI=1S/C22H17N3O2/c1-14-10-12-15(13-11-14)25-20(26)16-6-2-3-7-17(16)22(21(25)27)23-18-8-4-5-9-19(18)24-22/h2-13,23-24H,1H3. The normalized spacial score (nSPS) is 16.6. The number of hydrogen-bond donors (Lipinski definition) is 2. The molecule has 0 radical (unpaired) electrons. The Hall–Kier alpha value is -3.60. The summed E-state index contributed by atoms with van der Waals surface area (Å²) in [4.78, 5) is 28.1. The molecule has 3 aromatic carbocycles. The number of imide groups is 1. The van der Waals surface area contributed by atoms with E-state index in [1.54, 1.807) is 18.2 Å². The number of rotatable bonds is 1. The molecule has 3 aromatic rings. The van der Waals surface area contributed by atoms with Crippen LogP contribution in [-0.2, 0) is 10.5 Å². The highest BCUT2D eigenvalue weighted by molar-refractivity contribution is 6.29. The van der Waals surface area contributed by atoms with Crippen LogP contribution >= 0.6 is 0 Å². The number of benzene rings is 3. The van der Waals surface area contributed by atoms with Crippen LogP contribution in [0.5, 0.6) is 0 Å². The van der Waals surface area contributed by atoms with Crippen molar-refractivity contribution < 1.29 is 9.59 Å². The van der Waals surface area contributed by atoms with Crippen molar-refractivity contribution in [2.45, 2.75) is 12.6 Å². The maximum atomic E-state index is 13.7. The van der Waals surface area contributed by atoms with Crippen LogP contribution in [-0.4, -0.2) is 11.8 Å². The maximum Gasteiger partial charge on any atom is 0.285 e. The van der Waals surface area contributed by atoms with Gasteiger partial charge in [0, 0.05) is 11.1 Å². The van der Waals surface area contributed by atoms with Gasteiger partial charge in [0.25, 0.3) is 11.8 Å². The highest BCUT2D eigenvalue weighted by atomic mass is 16.2. The van der Waals surface area contributed by atoms with Crippen molar-refractivity contribution in [1.29, 1.82) is 0 Å². The van der Waals surface area contributed by atoms with E-state index in [0.29, 0.717) is 16.8 Å². The minimum absolute atomic E-state index is 0.315. The average Bonchev–Trinajstić information content (AvgIpc) is 3.09. The summed E-state index contributed by atoms with van der Waals surface area (Å²) in [6.07, 6.45) is 0. The molecule has 2 heterocycles. The van der Waals surface area contributed by atoms with Crippen LogP contribution in [0.15, 0.2) is 72.8 Å². The smallest absolute Gasteiger partial charge is 0.285 e. The molecule has 2 aliphatic rings. The van der Waals surface area contributed by atoms with E-state index in [1.165, 1.54) is 4.90 Å². The van der Waals surface area contributed by atoms with Gasteiger partial charge in [-0.05, 0) is 37.3 Å². The second-order valence-electron chi connectivity index (χ2n) is 6.87. The van der Waals surface area contributed by atoms with Gasteiger partial charge >= 0.3 is 0 Å². The SMILES string of the molecule is Cc1ccc(N2C(=O)c3ccccc3C3(Nc4ccccc4N3)C2=O)cc1. The molecule has 0 aliphatic carbocycles. The lowest BCUT2D eigenvalue weighted by molar-refractivity contribution is -0.121. The van der Waals surface area contributed by atoms with Gasteiger partial charge < -0.3 is 10.6 Å². The van der Waals surface area contributed by atoms with Gasteiger partial charge in [-0.1, -0.05) is 48.0 Å². The number of nitrogens with zero attached hydrogens (tertiary/aromatic N) is 1. The zero-order valence-electron chi connectivity index (χ0n) is 14.7. The van der Waals surface area contributed by atoms with E-state index in [4.69, 9.17) is 0 Å². The zero-order valence-corrected chi connectivity index (χ0v) is 14.7. The van der Waals surface area contributed by atoms with Crippen LogP contribution in [0.1, 0.15) is 21.5 Å². The molecular weight excluding hydrogens is 338 g/mol.